The average molecular weight is 337 g/mol. The zero-order chi connectivity index (χ0) is 18.2. The number of nitrogens with zero attached hydrogens (tertiary/aromatic N) is 1. The smallest absolute Gasteiger partial charge is 0.271 e. The molecule has 2 aromatic carbocycles. The number of anilines is 1. The van der Waals surface area contributed by atoms with Crippen LogP contribution in [0.1, 0.15) is 41.8 Å². The van der Waals surface area contributed by atoms with Gasteiger partial charge in [0.25, 0.3) is 5.91 Å². The van der Waals surface area contributed by atoms with Gasteiger partial charge in [-0.2, -0.15) is 5.10 Å². The Kier molecular flexibility index (Phi) is 6.46. The molecule has 0 bridgehead atoms. The van der Waals surface area contributed by atoms with Crippen molar-refractivity contribution < 1.29 is 9.59 Å². The molecule has 130 valence electrons. The second kappa shape index (κ2) is 8.78. The number of hydrogen-bond acceptors (Lipinski definition) is 3. The highest BCUT2D eigenvalue weighted by atomic mass is 16.2. The fourth-order valence-corrected chi connectivity index (χ4v) is 2.17. The van der Waals surface area contributed by atoms with E-state index in [1.165, 1.54) is 5.56 Å². The lowest BCUT2D eigenvalue weighted by molar-refractivity contribution is -0.116. The first-order chi connectivity index (χ1) is 11.9. The molecule has 0 saturated heterocycles. The summed E-state index contributed by atoms with van der Waals surface area (Å²) >= 11 is 0. The standard InChI is InChI=1S/C20H23N3O2/c1-14(2)12-19(24)22-18-10-8-17(9-11-18)20(25)23-21-13-16-6-4-15(3)5-7-16/h4-11,13-14H,12H2,1-3H3,(H,22,24)(H,23,25)/b21-13+. The molecular formula is C20H23N3O2. The topological polar surface area (TPSA) is 70.6 Å². The molecule has 0 aliphatic rings. The first kappa shape index (κ1) is 18.4. The van der Waals surface area contributed by atoms with E-state index in [1.807, 2.05) is 45.0 Å². The summed E-state index contributed by atoms with van der Waals surface area (Å²) in [7, 11) is 0. The number of carbonyl (C=O) groups is 2. The van der Waals surface area contributed by atoms with Crippen LogP contribution >= 0.6 is 0 Å². The van der Waals surface area contributed by atoms with E-state index in [2.05, 4.69) is 15.8 Å². The van der Waals surface area contributed by atoms with Gasteiger partial charge in [-0.05, 0) is 42.7 Å². The first-order valence-corrected chi connectivity index (χ1v) is 8.24. The van der Waals surface area contributed by atoms with Crippen molar-refractivity contribution in [3.8, 4) is 0 Å². The van der Waals surface area contributed by atoms with E-state index in [0.29, 0.717) is 23.6 Å². The van der Waals surface area contributed by atoms with Crippen LogP contribution in [0.3, 0.4) is 0 Å². The predicted octanol–water partition coefficient (Wildman–Crippen LogP) is 3.74. The first-order valence-electron chi connectivity index (χ1n) is 8.24. The summed E-state index contributed by atoms with van der Waals surface area (Å²) < 4.78 is 0. The Bertz CT molecular complexity index is 748. The molecule has 0 unspecified atom stereocenters. The zero-order valence-corrected chi connectivity index (χ0v) is 14.7. The maximum atomic E-state index is 12.1. The molecule has 2 aromatic rings. The zero-order valence-electron chi connectivity index (χ0n) is 14.7. The molecule has 0 aromatic heterocycles. The van der Waals surface area contributed by atoms with E-state index >= 15 is 0 Å². The molecule has 2 rings (SSSR count). The summed E-state index contributed by atoms with van der Waals surface area (Å²) in [5.74, 6) is -0.0326. The monoisotopic (exact) mass is 337 g/mol. The van der Waals surface area contributed by atoms with Crippen molar-refractivity contribution >= 4 is 23.7 Å². The number of carbonyl (C=O) groups excluding carboxylic acids is 2. The Morgan fingerprint density at radius 1 is 1.04 bits per heavy atom. The highest BCUT2D eigenvalue weighted by Gasteiger charge is 2.07. The van der Waals surface area contributed by atoms with Crippen molar-refractivity contribution in [1.82, 2.24) is 5.43 Å². The summed E-state index contributed by atoms with van der Waals surface area (Å²) in [5, 5.41) is 6.77. The lowest BCUT2D eigenvalue weighted by atomic mass is 10.1. The highest BCUT2D eigenvalue weighted by molar-refractivity contribution is 5.96. The van der Waals surface area contributed by atoms with Crippen molar-refractivity contribution in [2.24, 2.45) is 11.0 Å². The number of hydrazone groups is 1. The summed E-state index contributed by atoms with van der Waals surface area (Å²) in [6, 6.07) is 14.5. The molecule has 0 aliphatic heterocycles. The molecule has 5 nitrogen and oxygen atoms in total. The normalized spacial score (nSPS) is 10.9. The van der Waals surface area contributed by atoms with Crippen LogP contribution in [0.5, 0.6) is 0 Å². The largest absolute Gasteiger partial charge is 0.326 e. The second-order valence-electron chi connectivity index (χ2n) is 6.33. The molecule has 0 atom stereocenters. The molecule has 0 radical (unpaired) electrons. The van der Waals surface area contributed by atoms with Gasteiger partial charge in [0.1, 0.15) is 0 Å². The van der Waals surface area contributed by atoms with Crippen molar-refractivity contribution in [3.05, 3.63) is 65.2 Å². The Labute approximate surface area is 148 Å². The molecule has 0 heterocycles. The summed E-state index contributed by atoms with van der Waals surface area (Å²) in [6.45, 7) is 5.99. The number of rotatable bonds is 6. The van der Waals surface area contributed by atoms with Crippen molar-refractivity contribution in [2.75, 3.05) is 5.32 Å². The number of benzene rings is 2. The van der Waals surface area contributed by atoms with Crippen LogP contribution in [-0.4, -0.2) is 18.0 Å². The van der Waals surface area contributed by atoms with E-state index in [0.717, 1.165) is 5.56 Å². The minimum atomic E-state index is -0.302. The predicted molar refractivity (Wildman–Crippen MR) is 101 cm³/mol. The summed E-state index contributed by atoms with van der Waals surface area (Å²) in [4.78, 5) is 23.8. The third kappa shape index (κ3) is 6.22. The maximum absolute atomic E-state index is 12.1. The third-order valence-electron chi connectivity index (χ3n) is 3.48. The van der Waals surface area contributed by atoms with Gasteiger partial charge in [0, 0.05) is 17.7 Å². The Balaban J connectivity index is 1.89. The van der Waals surface area contributed by atoms with Gasteiger partial charge in [0.05, 0.1) is 6.21 Å². The van der Waals surface area contributed by atoms with E-state index in [1.54, 1.807) is 30.5 Å². The van der Waals surface area contributed by atoms with Gasteiger partial charge >= 0.3 is 0 Å². The van der Waals surface area contributed by atoms with Crippen LogP contribution in [0.2, 0.25) is 0 Å². The van der Waals surface area contributed by atoms with Crippen molar-refractivity contribution in [1.29, 1.82) is 0 Å². The molecule has 2 amide bonds. The van der Waals surface area contributed by atoms with E-state index in [4.69, 9.17) is 0 Å². The average Bonchev–Trinajstić information content (AvgIpc) is 2.56. The van der Waals surface area contributed by atoms with Gasteiger partial charge in [-0.3, -0.25) is 9.59 Å². The molecule has 2 N–H and O–H groups in total. The van der Waals surface area contributed by atoms with Crippen LogP contribution < -0.4 is 10.7 Å². The lowest BCUT2D eigenvalue weighted by Gasteiger charge is -2.07. The minimum Gasteiger partial charge on any atom is -0.326 e. The summed E-state index contributed by atoms with van der Waals surface area (Å²) in [5.41, 5.74) is 5.72. The van der Waals surface area contributed by atoms with Gasteiger partial charge in [-0.15, -0.1) is 0 Å². The van der Waals surface area contributed by atoms with E-state index in [9.17, 15) is 9.59 Å². The van der Waals surface area contributed by atoms with E-state index < -0.39 is 0 Å². The van der Waals surface area contributed by atoms with Gasteiger partial charge in [-0.25, -0.2) is 5.43 Å². The Hall–Kier alpha value is -2.95. The van der Waals surface area contributed by atoms with Crippen molar-refractivity contribution in [2.45, 2.75) is 27.2 Å². The second-order valence-corrected chi connectivity index (χ2v) is 6.33. The molecule has 0 spiro atoms. The van der Waals surface area contributed by atoms with Gasteiger partial charge in [0.15, 0.2) is 0 Å². The molecular weight excluding hydrogens is 314 g/mol. The molecule has 0 fully saturated rings. The van der Waals surface area contributed by atoms with Crippen molar-refractivity contribution in [3.63, 3.8) is 0 Å². The van der Waals surface area contributed by atoms with Crippen LogP contribution in [0.15, 0.2) is 53.6 Å². The number of aryl methyl sites for hydroxylation is 1. The minimum absolute atomic E-state index is 0.0325. The van der Waals surface area contributed by atoms with Crippen LogP contribution in [0, 0.1) is 12.8 Å². The Morgan fingerprint density at radius 2 is 1.68 bits per heavy atom. The highest BCUT2D eigenvalue weighted by Crippen LogP contribution is 2.11. The van der Waals surface area contributed by atoms with Crippen LogP contribution in [-0.2, 0) is 4.79 Å². The van der Waals surface area contributed by atoms with Crippen LogP contribution in [0.4, 0.5) is 5.69 Å². The fourth-order valence-electron chi connectivity index (χ4n) is 2.17. The third-order valence-corrected chi connectivity index (χ3v) is 3.48. The maximum Gasteiger partial charge on any atom is 0.271 e. The summed E-state index contributed by atoms with van der Waals surface area (Å²) in [6.07, 6.45) is 2.06. The molecule has 25 heavy (non-hydrogen) atoms. The molecule has 5 heteroatoms. The van der Waals surface area contributed by atoms with E-state index in [-0.39, 0.29) is 11.8 Å². The van der Waals surface area contributed by atoms with Crippen LogP contribution in [0.25, 0.3) is 0 Å². The number of amides is 2. The lowest BCUT2D eigenvalue weighted by Crippen LogP contribution is -2.18. The quantitative estimate of drug-likeness (QED) is 0.622. The molecule has 0 aliphatic carbocycles. The molecule has 0 saturated carbocycles. The number of hydrogen-bond donors (Lipinski definition) is 2. The SMILES string of the molecule is Cc1ccc(/C=N/NC(=O)c2ccc(NC(=O)CC(C)C)cc2)cc1. The fraction of sp³-hybridized carbons (Fsp3) is 0.250. The van der Waals surface area contributed by atoms with Gasteiger partial charge in [0.2, 0.25) is 5.91 Å². The Morgan fingerprint density at radius 3 is 2.28 bits per heavy atom. The van der Waals surface area contributed by atoms with Gasteiger partial charge < -0.3 is 5.32 Å². The number of nitrogens with one attached hydrogen (secondary N) is 2. The van der Waals surface area contributed by atoms with Gasteiger partial charge in [-0.1, -0.05) is 43.7 Å².